The van der Waals surface area contributed by atoms with E-state index < -0.39 is 12.0 Å². The number of likely N-dealkylation sites (N-methyl/N-ethyl adjacent to an activating group) is 1. The molecule has 0 spiro atoms. The molecule has 0 bridgehead atoms. The number of carboxylic acids is 1. The number of amides is 2. The van der Waals surface area contributed by atoms with Crippen molar-refractivity contribution in [2.45, 2.75) is 19.4 Å². The third-order valence-corrected chi connectivity index (χ3v) is 4.21. The highest BCUT2D eigenvalue weighted by Crippen LogP contribution is 2.32. The Bertz CT molecular complexity index is 867. The Kier molecular flexibility index (Phi) is 6.58. The third-order valence-electron chi connectivity index (χ3n) is 4.21. The summed E-state index contributed by atoms with van der Waals surface area (Å²) in [7, 11) is 5.75. The number of hydrogen-bond donors (Lipinski definition) is 2. The molecule has 0 aliphatic carbocycles. The minimum atomic E-state index is -1.22. The van der Waals surface area contributed by atoms with E-state index in [-0.39, 0.29) is 12.3 Å². The maximum Gasteiger partial charge on any atom is 0.252 e. The largest absolute Gasteiger partial charge is 0.550 e. The number of quaternary nitrogens is 1. The van der Waals surface area contributed by atoms with Gasteiger partial charge in [0.1, 0.15) is 6.26 Å². The van der Waals surface area contributed by atoms with Gasteiger partial charge in [0.2, 0.25) is 12.3 Å². The number of aliphatic carboxylic acids is 1. The van der Waals surface area contributed by atoms with Gasteiger partial charge in [-0.15, -0.1) is 0 Å². The molecular formula is C20H25N3O5. The zero-order valence-electron chi connectivity index (χ0n) is 16.4. The normalized spacial score (nSPS) is 12.3. The number of hydrogen-bond acceptors (Lipinski definition) is 5. The molecule has 0 unspecified atom stereocenters. The number of nitrogens with one attached hydrogen (secondary N) is 2. The molecular weight excluding hydrogens is 362 g/mol. The van der Waals surface area contributed by atoms with Crippen molar-refractivity contribution in [3.05, 3.63) is 41.7 Å². The molecule has 0 saturated carbocycles. The second-order valence-electron chi connectivity index (χ2n) is 7.63. The fourth-order valence-electron chi connectivity index (χ4n) is 3.08. The van der Waals surface area contributed by atoms with Crippen LogP contribution >= 0.6 is 0 Å². The van der Waals surface area contributed by atoms with Gasteiger partial charge in [-0.2, -0.15) is 0 Å². The van der Waals surface area contributed by atoms with Crippen molar-refractivity contribution in [2.24, 2.45) is 0 Å². The predicted octanol–water partition coefficient (Wildman–Crippen LogP) is 0.768. The number of benzene rings is 1. The fraction of sp³-hybridized carbons (Fsp3) is 0.350. The summed E-state index contributed by atoms with van der Waals surface area (Å²) in [5.41, 5.74) is 2.36. The summed E-state index contributed by atoms with van der Waals surface area (Å²) in [5.74, 6) is -1.30. The first-order valence-electron chi connectivity index (χ1n) is 8.81. The summed E-state index contributed by atoms with van der Waals surface area (Å²) >= 11 is 0. The Morgan fingerprint density at radius 1 is 1.21 bits per heavy atom. The van der Waals surface area contributed by atoms with E-state index >= 15 is 0 Å². The van der Waals surface area contributed by atoms with E-state index in [4.69, 9.17) is 4.42 Å². The second-order valence-corrected chi connectivity index (χ2v) is 7.63. The Labute approximate surface area is 163 Å². The van der Waals surface area contributed by atoms with Crippen LogP contribution in [-0.4, -0.2) is 56.5 Å². The summed E-state index contributed by atoms with van der Waals surface area (Å²) in [4.78, 5) is 34.7. The standard InChI is InChI=1S/C20H25N3O5/c1-13-17(11-28-20(13)21-12-24)15-7-5-6-8-16(15)19(27)22-14(9-18(25)26)10-23(2,3)4/h5-8,11-12,14H,9-10H2,1-4H3,(H2-,21,22,24,25,26,27)/t14-/m1/s1. The Balaban J connectivity index is 2.33. The van der Waals surface area contributed by atoms with Crippen molar-refractivity contribution in [3.8, 4) is 11.1 Å². The molecule has 28 heavy (non-hydrogen) atoms. The molecule has 0 saturated heterocycles. The molecule has 2 amide bonds. The average Bonchev–Trinajstić information content (AvgIpc) is 2.94. The Morgan fingerprint density at radius 3 is 2.50 bits per heavy atom. The molecule has 2 rings (SSSR count). The number of carboxylic acid groups (broad SMARTS) is 1. The zero-order valence-corrected chi connectivity index (χ0v) is 16.4. The lowest BCUT2D eigenvalue weighted by Gasteiger charge is -2.30. The van der Waals surface area contributed by atoms with Crippen LogP contribution in [0, 0.1) is 6.92 Å². The summed E-state index contributed by atoms with van der Waals surface area (Å²) in [6, 6.07) is 6.36. The maximum absolute atomic E-state index is 12.9. The number of anilines is 1. The lowest BCUT2D eigenvalue weighted by molar-refractivity contribution is -0.871. The first-order valence-corrected chi connectivity index (χ1v) is 8.81. The highest BCUT2D eigenvalue weighted by atomic mass is 16.4. The van der Waals surface area contributed by atoms with Crippen molar-refractivity contribution in [3.63, 3.8) is 0 Å². The Hall–Kier alpha value is -3.13. The SMILES string of the molecule is Cc1c(-c2ccccc2C(=O)N[C@H](CC(=O)[O-])C[N+](C)(C)C)coc1NC=O. The highest BCUT2D eigenvalue weighted by molar-refractivity contribution is 6.01. The van der Waals surface area contributed by atoms with E-state index in [1.807, 2.05) is 21.1 Å². The predicted molar refractivity (Wildman–Crippen MR) is 102 cm³/mol. The fourth-order valence-corrected chi connectivity index (χ4v) is 3.08. The maximum atomic E-state index is 12.9. The van der Waals surface area contributed by atoms with Crippen molar-refractivity contribution < 1.29 is 28.4 Å². The van der Waals surface area contributed by atoms with E-state index in [0.29, 0.717) is 45.6 Å². The van der Waals surface area contributed by atoms with Crippen LogP contribution in [0.4, 0.5) is 5.88 Å². The monoisotopic (exact) mass is 387 g/mol. The summed E-state index contributed by atoms with van der Waals surface area (Å²) < 4.78 is 5.85. The average molecular weight is 387 g/mol. The topological polar surface area (TPSA) is 111 Å². The van der Waals surface area contributed by atoms with Crippen LogP contribution in [0.5, 0.6) is 0 Å². The highest BCUT2D eigenvalue weighted by Gasteiger charge is 2.23. The first kappa shape index (κ1) is 21.2. The molecule has 1 aromatic heterocycles. The summed E-state index contributed by atoms with van der Waals surface area (Å²) in [6.45, 7) is 2.20. The van der Waals surface area contributed by atoms with Gasteiger partial charge >= 0.3 is 0 Å². The lowest BCUT2D eigenvalue weighted by Crippen LogP contribution is -2.50. The van der Waals surface area contributed by atoms with Gasteiger partial charge in [-0.3, -0.25) is 14.9 Å². The van der Waals surface area contributed by atoms with Crippen molar-refractivity contribution in [2.75, 3.05) is 33.0 Å². The summed E-state index contributed by atoms with van der Waals surface area (Å²) in [6.07, 6.45) is 1.71. The van der Waals surface area contributed by atoms with Gasteiger partial charge in [0.15, 0.2) is 0 Å². The van der Waals surface area contributed by atoms with Gasteiger partial charge in [-0.05, 0) is 18.6 Å². The van der Waals surface area contributed by atoms with E-state index in [9.17, 15) is 19.5 Å². The Morgan fingerprint density at radius 2 is 1.89 bits per heavy atom. The zero-order chi connectivity index (χ0) is 20.9. The van der Waals surface area contributed by atoms with Crippen molar-refractivity contribution >= 4 is 24.2 Å². The van der Waals surface area contributed by atoms with Gasteiger partial charge < -0.3 is 24.1 Å². The van der Waals surface area contributed by atoms with E-state index in [1.165, 1.54) is 6.26 Å². The molecule has 1 heterocycles. The van der Waals surface area contributed by atoms with Crippen LogP contribution in [0.2, 0.25) is 0 Å². The molecule has 0 radical (unpaired) electrons. The number of carbonyl (C=O) groups excluding carboxylic acids is 3. The van der Waals surface area contributed by atoms with Crippen LogP contribution in [0.3, 0.4) is 0 Å². The van der Waals surface area contributed by atoms with Gasteiger partial charge in [-0.1, -0.05) is 18.2 Å². The number of furan rings is 1. The number of rotatable bonds is 9. The molecule has 0 aliphatic heterocycles. The number of nitrogens with zero attached hydrogens (tertiary/aromatic N) is 1. The van der Waals surface area contributed by atoms with Crippen molar-refractivity contribution in [1.29, 1.82) is 0 Å². The molecule has 0 fully saturated rings. The molecule has 1 aromatic carbocycles. The molecule has 8 nitrogen and oxygen atoms in total. The molecule has 8 heteroatoms. The second kappa shape index (κ2) is 8.71. The van der Waals surface area contributed by atoms with E-state index in [1.54, 1.807) is 31.2 Å². The van der Waals surface area contributed by atoms with Crippen LogP contribution in [0.15, 0.2) is 34.9 Å². The van der Waals surface area contributed by atoms with Gasteiger partial charge in [0.05, 0.1) is 33.7 Å². The van der Waals surface area contributed by atoms with E-state index in [0.717, 1.165) is 0 Å². The van der Waals surface area contributed by atoms with E-state index in [2.05, 4.69) is 10.6 Å². The van der Waals surface area contributed by atoms with Crippen LogP contribution in [0.25, 0.3) is 11.1 Å². The van der Waals surface area contributed by atoms with Crippen LogP contribution in [-0.2, 0) is 9.59 Å². The molecule has 2 N–H and O–H groups in total. The van der Waals surface area contributed by atoms with Crippen molar-refractivity contribution in [1.82, 2.24) is 5.32 Å². The van der Waals surface area contributed by atoms with Crippen LogP contribution in [0.1, 0.15) is 22.3 Å². The van der Waals surface area contributed by atoms with Gasteiger partial charge in [0.25, 0.3) is 5.91 Å². The quantitative estimate of drug-likeness (QED) is 0.488. The molecule has 0 aliphatic rings. The third kappa shape index (κ3) is 5.43. The molecule has 2 aromatic rings. The molecule has 1 atom stereocenters. The smallest absolute Gasteiger partial charge is 0.252 e. The van der Waals surface area contributed by atoms with Crippen LogP contribution < -0.4 is 15.7 Å². The minimum Gasteiger partial charge on any atom is -0.550 e. The minimum absolute atomic E-state index is 0.276. The number of carbonyl (C=O) groups is 3. The molecule has 150 valence electrons. The van der Waals surface area contributed by atoms with Gasteiger partial charge in [-0.25, -0.2) is 0 Å². The summed E-state index contributed by atoms with van der Waals surface area (Å²) in [5, 5.41) is 16.4. The first-order chi connectivity index (χ1) is 13.1. The lowest BCUT2D eigenvalue weighted by atomic mass is 9.98. The van der Waals surface area contributed by atoms with Gasteiger partial charge in [0, 0.05) is 29.1 Å².